The van der Waals surface area contributed by atoms with Gasteiger partial charge in [0.15, 0.2) is 5.17 Å². The number of amides is 1. The first-order valence-electron chi connectivity index (χ1n) is 7.38. The van der Waals surface area contributed by atoms with Gasteiger partial charge in [0.2, 0.25) is 5.88 Å². The van der Waals surface area contributed by atoms with Gasteiger partial charge < -0.3 is 10.1 Å². The lowest BCUT2D eigenvalue weighted by Crippen LogP contribution is -2.23. The number of ether oxygens (including phenoxy) is 1. The third-order valence-corrected chi connectivity index (χ3v) is 4.79. The molecule has 1 N–H and O–H groups in total. The quantitative estimate of drug-likeness (QED) is 0.921. The average molecular weight is 345 g/mol. The van der Waals surface area contributed by atoms with Gasteiger partial charge in [-0.15, -0.1) is 0 Å². The van der Waals surface area contributed by atoms with Crippen LogP contribution >= 0.6 is 11.8 Å². The van der Waals surface area contributed by atoms with Gasteiger partial charge in [0.1, 0.15) is 11.1 Å². The summed E-state index contributed by atoms with van der Waals surface area (Å²) >= 11 is 1.35. The van der Waals surface area contributed by atoms with Crippen molar-refractivity contribution in [3.63, 3.8) is 0 Å². The molecule has 0 unspecified atom stereocenters. The number of rotatable bonds is 4. The lowest BCUT2D eigenvalue weighted by Gasteiger charge is -2.15. The van der Waals surface area contributed by atoms with Crippen molar-refractivity contribution >= 4 is 22.8 Å². The summed E-state index contributed by atoms with van der Waals surface area (Å²) in [7, 11) is 1.53. The van der Waals surface area contributed by atoms with E-state index in [1.54, 1.807) is 30.5 Å². The number of hydrogen-bond acceptors (Lipinski definition) is 5. The van der Waals surface area contributed by atoms with Crippen molar-refractivity contribution in [2.75, 3.05) is 7.11 Å². The molecule has 1 amide bonds. The first kappa shape index (κ1) is 16.4. The summed E-state index contributed by atoms with van der Waals surface area (Å²) in [5, 5.41) is 3.34. The molecule has 0 spiro atoms. The van der Waals surface area contributed by atoms with E-state index in [1.165, 1.54) is 31.0 Å². The molecule has 1 aliphatic rings. The van der Waals surface area contributed by atoms with Gasteiger partial charge >= 0.3 is 0 Å². The number of halogens is 1. The molecular weight excluding hydrogens is 329 g/mol. The summed E-state index contributed by atoms with van der Waals surface area (Å²) < 4.78 is 18.1. The minimum atomic E-state index is -0.412. The Hall–Kier alpha value is -2.41. The molecule has 124 valence electrons. The summed E-state index contributed by atoms with van der Waals surface area (Å²) in [6.07, 6.45) is 1.61. The van der Waals surface area contributed by atoms with Crippen molar-refractivity contribution in [3.8, 4) is 5.88 Å². The Morgan fingerprint density at radius 1 is 1.29 bits per heavy atom. The van der Waals surface area contributed by atoms with E-state index >= 15 is 0 Å². The Balaban J connectivity index is 1.69. The summed E-state index contributed by atoms with van der Waals surface area (Å²) in [6.45, 7) is 1.93. The van der Waals surface area contributed by atoms with Crippen molar-refractivity contribution in [1.29, 1.82) is 0 Å². The molecule has 0 fully saturated rings. The number of carbonyl (C=O) groups is 1. The minimum absolute atomic E-state index is 0.0876. The summed E-state index contributed by atoms with van der Waals surface area (Å²) in [5.74, 6) is -0.0375. The number of methoxy groups -OCH3 is 1. The molecule has 1 aromatic heterocycles. The molecule has 0 radical (unpaired) electrons. The zero-order valence-corrected chi connectivity index (χ0v) is 14.0. The van der Waals surface area contributed by atoms with E-state index in [1.807, 2.05) is 6.92 Å². The summed E-state index contributed by atoms with van der Waals surface area (Å²) in [4.78, 5) is 20.3. The molecular formula is C17H16FN3O2S. The van der Waals surface area contributed by atoms with Crippen LogP contribution in [0.2, 0.25) is 0 Å². The molecule has 0 saturated heterocycles. The van der Waals surface area contributed by atoms with Crippen LogP contribution < -0.4 is 10.1 Å². The number of aromatic nitrogens is 1. The van der Waals surface area contributed by atoms with Crippen molar-refractivity contribution in [2.24, 2.45) is 4.99 Å². The molecule has 7 heteroatoms. The molecule has 1 aliphatic heterocycles. The fraction of sp³-hybridized carbons (Fsp3) is 0.235. The molecule has 2 aromatic rings. The number of aliphatic imine (C=N–C) groups is 1. The Bertz CT molecular complexity index is 780. The SMILES string of the molecule is COc1cc([C@H]2SC(N[C@@H](C)c3ccc(F)cc3)=NC2=O)ccn1. The van der Waals surface area contributed by atoms with E-state index in [4.69, 9.17) is 4.74 Å². The maximum Gasteiger partial charge on any atom is 0.266 e. The van der Waals surface area contributed by atoms with E-state index in [-0.39, 0.29) is 17.8 Å². The van der Waals surface area contributed by atoms with Gasteiger partial charge in [-0.3, -0.25) is 4.79 Å². The zero-order valence-electron chi connectivity index (χ0n) is 13.2. The molecule has 2 heterocycles. The van der Waals surface area contributed by atoms with Gasteiger partial charge in [0.05, 0.1) is 13.2 Å². The topological polar surface area (TPSA) is 63.6 Å². The number of nitrogens with one attached hydrogen (secondary N) is 1. The smallest absolute Gasteiger partial charge is 0.266 e. The van der Waals surface area contributed by atoms with Crippen LogP contribution in [-0.2, 0) is 4.79 Å². The molecule has 0 aliphatic carbocycles. The maximum atomic E-state index is 13.0. The molecule has 24 heavy (non-hydrogen) atoms. The largest absolute Gasteiger partial charge is 0.481 e. The predicted octanol–water partition coefficient (Wildman–Crippen LogP) is 3.25. The highest BCUT2D eigenvalue weighted by atomic mass is 32.2. The van der Waals surface area contributed by atoms with E-state index < -0.39 is 5.25 Å². The number of thioether (sulfide) groups is 1. The number of pyridine rings is 1. The maximum absolute atomic E-state index is 13.0. The van der Waals surface area contributed by atoms with E-state index in [9.17, 15) is 9.18 Å². The molecule has 0 saturated carbocycles. The normalized spacial score (nSPS) is 18.2. The van der Waals surface area contributed by atoms with Gasteiger partial charge in [-0.25, -0.2) is 9.37 Å². The third kappa shape index (κ3) is 3.56. The average Bonchev–Trinajstić information content (AvgIpc) is 2.95. The third-order valence-electron chi connectivity index (χ3n) is 3.65. The number of nitrogens with zero attached hydrogens (tertiary/aromatic N) is 2. The first-order chi connectivity index (χ1) is 11.6. The second kappa shape index (κ2) is 7.00. The number of hydrogen-bond donors (Lipinski definition) is 1. The fourth-order valence-electron chi connectivity index (χ4n) is 2.34. The lowest BCUT2D eigenvalue weighted by atomic mass is 10.1. The number of benzene rings is 1. The fourth-order valence-corrected chi connectivity index (χ4v) is 3.39. The van der Waals surface area contributed by atoms with Crippen LogP contribution in [0.4, 0.5) is 4.39 Å². The predicted molar refractivity (Wildman–Crippen MR) is 91.5 cm³/mol. The lowest BCUT2D eigenvalue weighted by molar-refractivity contribution is -0.117. The van der Waals surface area contributed by atoms with Gasteiger partial charge in [-0.2, -0.15) is 4.99 Å². The van der Waals surface area contributed by atoms with E-state index in [0.717, 1.165) is 11.1 Å². The Labute approximate surface area is 143 Å². The van der Waals surface area contributed by atoms with Crippen LogP contribution in [-0.4, -0.2) is 23.2 Å². The molecule has 0 bridgehead atoms. The van der Waals surface area contributed by atoms with Gasteiger partial charge in [0, 0.05) is 12.3 Å². The Morgan fingerprint density at radius 2 is 2.04 bits per heavy atom. The van der Waals surface area contributed by atoms with E-state index in [0.29, 0.717) is 11.0 Å². The Morgan fingerprint density at radius 3 is 2.75 bits per heavy atom. The van der Waals surface area contributed by atoms with Crippen LogP contribution in [0, 0.1) is 5.82 Å². The number of amidine groups is 1. The van der Waals surface area contributed by atoms with Gasteiger partial charge in [0.25, 0.3) is 5.91 Å². The van der Waals surface area contributed by atoms with Crippen LogP contribution in [0.15, 0.2) is 47.6 Å². The Kier molecular flexibility index (Phi) is 4.80. The minimum Gasteiger partial charge on any atom is -0.481 e. The van der Waals surface area contributed by atoms with E-state index in [2.05, 4.69) is 15.3 Å². The first-order valence-corrected chi connectivity index (χ1v) is 8.26. The molecule has 1 aromatic carbocycles. The van der Waals surface area contributed by atoms with Crippen molar-refractivity contribution < 1.29 is 13.9 Å². The number of carbonyl (C=O) groups excluding carboxylic acids is 1. The molecule has 2 atom stereocenters. The van der Waals surface area contributed by atoms with Crippen LogP contribution in [0.1, 0.15) is 29.3 Å². The highest BCUT2D eigenvalue weighted by Crippen LogP contribution is 2.37. The van der Waals surface area contributed by atoms with Gasteiger partial charge in [-0.05, 0) is 36.2 Å². The van der Waals surface area contributed by atoms with Crippen LogP contribution in [0.3, 0.4) is 0 Å². The van der Waals surface area contributed by atoms with Gasteiger partial charge in [-0.1, -0.05) is 23.9 Å². The summed E-state index contributed by atoms with van der Waals surface area (Å²) in [5.41, 5.74) is 1.72. The second-order valence-electron chi connectivity index (χ2n) is 5.30. The summed E-state index contributed by atoms with van der Waals surface area (Å²) in [6, 6.07) is 9.66. The second-order valence-corrected chi connectivity index (χ2v) is 6.40. The molecule has 3 rings (SSSR count). The molecule has 5 nitrogen and oxygen atoms in total. The zero-order chi connectivity index (χ0) is 17.1. The highest BCUT2D eigenvalue weighted by Gasteiger charge is 2.31. The highest BCUT2D eigenvalue weighted by molar-refractivity contribution is 8.15. The van der Waals surface area contributed by atoms with Crippen LogP contribution in [0.25, 0.3) is 0 Å². The standard InChI is InChI=1S/C17H16FN3O2S/c1-10(11-3-5-13(18)6-4-11)20-17-21-16(22)15(24-17)12-7-8-19-14(9-12)23-2/h3-10,15H,1-2H3,(H,20,21,22)/t10-,15+/m0/s1. The van der Waals surface area contributed by atoms with Crippen molar-refractivity contribution in [2.45, 2.75) is 18.2 Å². The van der Waals surface area contributed by atoms with Crippen molar-refractivity contribution in [3.05, 3.63) is 59.5 Å². The van der Waals surface area contributed by atoms with Crippen molar-refractivity contribution in [1.82, 2.24) is 10.3 Å². The monoisotopic (exact) mass is 345 g/mol. The van der Waals surface area contributed by atoms with Crippen LogP contribution in [0.5, 0.6) is 5.88 Å².